The van der Waals surface area contributed by atoms with Crippen LogP contribution >= 0.6 is 0 Å². The molecular formula is C18H22N2O4. The van der Waals surface area contributed by atoms with Crippen molar-refractivity contribution in [2.75, 3.05) is 38.3 Å². The summed E-state index contributed by atoms with van der Waals surface area (Å²) in [6.45, 7) is 3.44. The first-order valence-corrected chi connectivity index (χ1v) is 7.99. The molecule has 2 heterocycles. The van der Waals surface area contributed by atoms with Gasteiger partial charge in [0, 0.05) is 31.0 Å². The predicted molar refractivity (Wildman–Crippen MR) is 91.7 cm³/mol. The van der Waals surface area contributed by atoms with Gasteiger partial charge in [-0.05, 0) is 25.0 Å². The summed E-state index contributed by atoms with van der Waals surface area (Å²) < 4.78 is 5.25. The third-order valence-corrected chi connectivity index (χ3v) is 4.87. The fourth-order valence-electron chi connectivity index (χ4n) is 3.56. The van der Waals surface area contributed by atoms with Crippen LogP contribution in [0, 0.1) is 12.3 Å². The number of carboxylic acid groups (broad SMARTS) is 1. The molecule has 3 rings (SSSR count). The van der Waals surface area contributed by atoms with Crippen LogP contribution in [0.4, 0.5) is 5.82 Å². The number of para-hydroxylation sites is 1. The number of anilines is 1. The molecule has 1 aromatic carbocycles. The Kier molecular flexibility index (Phi) is 4.43. The Morgan fingerprint density at radius 2 is 2.17 bits per heavy atom. The maximum atomic E-state index is 11.9. The number of hydrogen-bond acceptors (Lipinski definition) is 5. The highest BCUT2D eigenvalue weighted by Crippen LogP contribution is 2.36. The van der Waals surface area contributed by atoms with E-state index in [4.69, 9.17) is 4.74 Å². The molecule has 2 N–H and O–H groups in total. The van der Waals surface area contributed by atoms with Crippen molar-refractivity contribution in [1.82, 2.24) is 4.98 Å². The van der Waals surface area contributed by atoms with E-state index < -0.39 is 5.97 Å². The lowest BCUT2D eigenvalue weighted by Gasteiger charge is -2.27. The summed E-state index contributed by atoms with van der Waals surface area (Å²) in [5.74, 6) is -0.501. The predicted octanol–water partition coefficient (Wildman–Crippen LogP) is 2.08. The number of benzene rings is 1. The Balaban J connectivity index is 2.09. The van der Waals surface area contributed by atoms with Gasteiger partial charge in [0.15, 0.2) is 0 Å². The van der Waals surface area contributed by atoms with Crippen LogP contribution in [0.3, 0.4) is 0 Å². The van der Waals surface area contributed by atoms with E-state index in [1.807, 2.05) is 36.1 Å². The number of carbonyl (C=O) groups is 1. The van der Waals surface area contributed by atoms with Crippen LogP contribution in [-0.4, -0.2) is 54.6 Å². The molecule has 0 radical (unpaired) electrons. The minimum atomic E-state index is -0.978. The normalized spacial score (nSPS) is 20.7. The van der Waals surface area contributed by atoms with Gasteiger partial charge >= 0.3 is 5.97 Å². The fraction of sp³-hybridized carbons (Fsp3) is 0.444. The zero-order valence-corrected chi connectivity index (χ0v) is 14.0. The fourth-order valence-corrected chi connectivity index (χ4v) is 3.56. The van der Waals surface area contributed by atoms with Gasteiger partial charge in [-0.25, -0.2) is 9.78 Å². The van der Waals surface area contributed by atoms with Crippen molar-refractivity contribution in [2.45, 2.75) is 13.3 Å². The van der Waals surface area contributed by atoms with Gasteiger partial charge in [-0.3, -0.25) is 0 Å². The van der Waals surface area contributed by atoms with Gasteiger partial charge in [0.2, 0.25) is 0 Å². The largest absolute Gasteiger partial charge is 0.478 e. The molecule has 1 saturated heterocycles. The summed E-state index contributed by atoms with van der Waals surface area (Å²) in [7, 11) is 1.61. The molecule has 1 unspecified atom stereocenters. The van der Waals surface area contributed by atoms with Gasteiger partial charge in [-0.2, -0.15) is 0 Å². The highest BCUT2D eigenvalue weighted by molar-refractivity contribution is 6.01. The number of hydrogen-bond donors (Lipinski definition) is 2. The first kappa shape index (κ1) is 16.7. The standard InChI is InChI=1S/C18H22N2O4/c1-12-13-5-3-4-6-14(13)19-16(15(12)17(22)23)20-8-7-18(9-20,10-21)11-24-2/h3-6,21H,7-11H2,1-2H3,(H,22,23). The van der Waals surface area contributed by atoms with E-state index in [1.54, 1.807) is 7.11 Å². The average Bonchev–Trinajstić information content (AvgIpc) is 2.99. The molecule has 0 amide bonds. The first-order chi connectivity index (χ1) is 11.5. The third kappa shape index (κ3) is 2.72. The number of ether oxygens (including phenoxy) is 1. The third-order valence-electron chi connectivity index (χ3n) is 4.87. The molecule has 1 fully saturated rings. The van der Waals surface area contributed by atoms with Gasteiger partial charge in [0.25, 0.3) is 0 Å². The Labute approximate surface area is 140 Å². The lowest BCUT2D eigenvalue weighted by molar-refractivity contribution is 0.0447. The Hall–Kier alpha value is -2.18. The van der Waals surface area contributed by atoms with Crippen LogP contribution < -0.4 is 4.90 Å². The van der Waals surface area contributed by atoms with Crippen molar-refractivity contribution in [3.05, 3.63) is 35.4 Å². The number of carboxylic acids is 1. The van der Waals surface area contributed by atoms with E-state index in [2.05, 4.69) is 4.98 Å². The molecule has 2 aromatic rings. The molecule has 6 heteroatoms. The maximum Gasteiger partial charge on any atom is 0.339 e. The number of nitrogens with zero attached hydrogens (tertiary/aromatic N) is 2. The van der Waals surface area contributed by atoms with Crippen molar-refractivity contribution in [3.63, 3.8) is 0 Å². The van der Waals surface area contributed by atoms with Gasteiger partial charge < -0.3 is 19.8 Å². The van der Waals surface area contributed by atoms with Crippen LogP contribution in [0.1, 0.15) is 22.3 Å². The summed E-state index contributed by atoms with van der Waals surface area (Å²) in [4.78, 5) is 18.4. The zero-order valence-electron chi connectivity index (χ0n) is 14.0. The van der Waals surface area contributed by atoms with Crippen molar-refractivity contribution in [2.24, 2.45) is 5.41 Å². The van der Waals surface area contributed by atoms with Gasteiger partial charge in [-0.1, -0.05) is 18.2 Å². The number of aromatic carboxylic acids is 1. The van der Waals surface area contributed by atoms with Crippen LogP contribution in [-0.2, 0) is 4.74 Å². The monoisotopic (exact) mass is 330 g/mol. The minimum absolute atomic E-state index is 0.00626. The summed E-state index contributed by atoms with van der Waals surface area (Å²) in [6, 6.07) is 7.56. The molecule has 1 aliphatic heterocycles. The summed E-state index contributed by atoms with van der Waals surface area (Å²) in [6.07, 6.45) is 0.740. The second-order valence-corrected chi connectivity index (χ2v) is 6.52. The topological polar surface area (TPSA) is 82.9 Å². The van der Waals surface area contributed by atoms with E-state index in [9.17, 15) is 15.0 Å². The van der Waals surface area contributed by atoms with E-state index in [0.717, 1.165) is 22.9 Å². The number of methoxy groups -OCH3 is 1. The van der Waals surface area contributed by atoms with Crippen LogP contribution in [0.25, 0.3) is 10.9 Å². The molecule has 128 valence electrons. The SMILES string of the molecule is COCC1(CO)CCN(c2nc3ccccc3c(C)c2C(=O)O)C1. The number of aliphatic hydroxyl groups excluding tert-OH is 1. The smallest absolute Gasteiger partial charge is 0.339 e. The summed E-state index contributed by atoms with van der Waals surface area (Å²) >= 11 is 0. The Morgan fingerprint density at radius 1 is 1.42 bits per heavy atom. The molecule has 0 aliphatic carbocycles. The van der Waals surface area contributed by atoms with Crippen LogP contribution in [0.15, 0.2) is 24.3 Å². The minimum Gasteiger partial charge on any atom is -0.478 e. The Morgan fingerprint density at radius 3 is 2.83 bits per heavy atom. The molecule has 24 heavy (non-hydrogen) atoms. The van der Waals surface area contributed by atoms with Gasteiger partial charge in [0.05, 0.1) is 18.7 Å². The number of fused-ring (bicyclic) bond motifs is 1. The molecule has 6 nitrogen and oxygen atoms in total. The number of pyridine rings is 1. The second-order valence-electron chi connectivity index (χ2n) is 6.52. The highest BCUT2D eigenvalue weighted by atomic mass is 16.5. The number of aliphatic hydroxyl groups is 1. The lowest BCUT2D eigenvalue weighted by Crippen LogP contribution is -2.35. The van der Waals surface area contributed by atoms with Crippen molar-refractivity contribution in [1.29, 1.82) is 0 Å². The quantitative estimate of drug-likeness (QED) is 0.873. The number of aromatic nitrogens is 1. The average molecular weight is 330 g/mol. The van der Waals surface area contributed by atoms with E-state index in [0.29, 0.717) is 25.5 Å². The number of aryl methyl sites for hydroxylation is 1. The van der Waals surface area contributed by atoms with Crippen molar-refractivity contribution >= 4 is 22.7 Å². The van der Waals surface area contributed by atoms with Crippen LogP contribution in [0.2, 0.25) is 0 Å². The van der Waals surface area contributed by atoms with Gasteiger partial charge in [0.1, 0.15) is 11.4 Å². The van der Waals surface area contributed by atoms with E-state index in [1.165, 1.54) is 0 Å². The molecular weight excluding hydrogens is 308 g/mol. The van der Waals surface area contributed by atoms with E-state index in [-0.39, 0.29) is 17.6 Å². The van der Waals surface area contributed by atoms with E-state index >= 15 is 0 Å². The molecule has 0 saturated carbocycles. The first-order valence-electron chi connectivity index (χ1n) is 7.99. The molecule has 1 aliphatic rings. The highest BCUT2D eigenvalue weighted by Gasteiger charge is 2.39. The molecule has 0 spiro atoms. The lowest BCUT2D eigenvalue weighted by atomic mass is 9.89. The Bertz CT molecular complexity index is 777. The van der Waals surface area contributed by atoms with Crippen molar-refractivity contribution < 1.29 is 19.7 Å². The molecule has 1 atom stereocenters. The van der Waals surface area contributed by atoms with Gasteiger partial charge in [-0.15, -0.1) is 0 Å². The van der Waals surface area contributed by atoms with Crippen LogP contribution in [0.5, 0.6) is 0 Å². The maximum absolute atomic E-state index is 11.9. The molecule has 0 bridgehead atoms. The number of rotatable bonds is 5. The van der Waals surface area contributed by atoms with Crippen molar-refractivity contribution in [3.8, 4) is 0 Å². The summed E-state index contributed by atoms with van der Waals surface area (Å²) in [5, 5.41) is 20.3. The molecule has 1 aromatic heterocycles. The zero-order chi connectivity index (χ0) is 17.3. The second kappa shape index (κ2) is 6.37. The summed E-state index contributed by atoms with van der Waals surface area (Å²) in [5.41, 5.74) is 1.37.